The standard InChI is InChI=1S/C29H53N7O8/c1-28(40)13-42-26(22(38)25(28)33-2)44-24-19(36-27(39)29(41)5-6-34-12-29)9-18(32)20(21(24)37)23-17(31)4-3-16(43-23)11-35-10-14-7-15(30)8-14/h3,14-15,17-26,33-35,37-38,40-41H,4-13,30-32H2,1-2H3,(H,36,39)/t14-,15-,17-,18+,19-,20?,21+,22-,23+,24+,25-,26-,28+,29?/m1/s1. The van der Waals surface area contributed by atoms with Crippen molar-refractivity contribution in [1.29, 1.82) is 0 Å². The summed E-state index contributed by atoms with van der Waals surface area (Å²) < 4.78 is 18.4. The molecule has 5 rings (SSSR count). The average molecular weight is 628 g/mol. The lowest BCUT2D eigenvalue weighted by atomic mass is 9.72. The van der Waals surface area contributed by atoms with Gasteiger partial charge in [-0.2, -0.15) is 0 Å². The van der Waals surface area contributed by atoms with Crippen molar-refractivity contribution in [2.45, 2.75) is 111 Å². The second-order valence-electron chi connectivity index (χ2n) is 13.8. The van der Waals surface area contributed by atoms with E-state index in [-0.39, 0.29) is 32.0 Å². The Kier molecular flexibility index (Phi) is 10.6. The molecule has 252 valence electrons. The number of aliphatic hydroxyl groups excluding tert-OH is 2. The van der Waals surface area contributed by atoms with E-state index in [0.29, 0.717) is 31.2 Å². The molecule has 0 radical (unpaired) electrons. The lowest BCUT2D eigenvalue weighted by Crippen LogP contribution is -2.70. The number of β-amino-alcohol motifs (C(OH)–C–C–N with tert-alkyl or cyclic N) is 1. The molecule has 2 saturated heterocycles. The summed E-state index contributed by atoms with van der Waals surface area (Å²) in [4.78, 5) is 13.2. The second-order valence-corrected chi connectivity index (χ2v) is 13.8. The van der Waals surface area contributed by atoms with E-state index in [0.717, 1.165) is 19.4 Å². The van der Waals surface area contributed by atoms with Gasteiger partial charge >= 0.3 is 0 Å². The van der Waals surface area contributed by atoms with Gasteiger partial charge < -0.3 is 73.1 Å². The van der Waals surface area contributed by atoms with Crippen molar-refractivity contribution in [2.75, 3.05) is 39.8 Å². The van der Waals surface area contributed by atoms with Crippen LogP contribution in [0.1, 0.15) is 39.0 Å². The predicted molar refractivity (Wildman–Crippen MR) is 160 cm³/mol. The van der Waals surface area contributed by atoms with Crippen molar-refractivity contribution in [1.82, 2.24) is 21.3 Å². The number of nitrogens with two attached hydrogens (primary N) is 3. The first-order chi connectivity index (χ1) is 20.8. The number of likely N-dealkylation sites (N-methyl/N-ethyl adjacent to an activating group) is 1. The van der Waals surface area contributed by atoms with E-state index < -0.39 is 77.9 Å². The summed E-state index contributed by atoms with van der Waals surface area (Å²) in [5, 5.41) is 56.8. The van der Waals surface area contributed by atoms with Crippen LogP contribution in [-0.2, 0) is 19.0 Å². The lowest BCUT2D eigenvalue weighted by molar-refractivity contribution is -0.297. The second kappa shape index (κ2) is 13.7. The van der Waals surface area contributed by atoms with Crippen LogP contribution in [0.4, 0.5) is 0 Å². The number of ether oxygens (including phenoxy) is 3. The number of rotatable bonds is 10. The van der Waals surface area contributed by atoms with E-state index in [9.17, 15) is 25.2 Å². The third kappa shape index (κ3) is 7.09. The van der Waals surface area contributed by atoms with Gasteiger partial charge in [0, 0.05) is 30.6 Å². The van der Waals surface area contributed by atoms with Gasteiger partial charge in [-0.3, -0.25) is 4.79 Å². The van der Waals surface area contributed by atoms with Gasteiger partial charge in [0.15, 0.2) is 11.9 Å². The van der Waals surface area contributed by atoms with Crippen molar-refractivity contribution in [3.8, 4) is 0 Å². The van der Waals surface area contributed by atoms with Crippen molar-refractivity contribution >= 4 is 5.91 Å². The summed E-state index contributed by atoms with van der Waals surface area (Å²) in [5.74, 6) is -0.0210. The van der Waals surface area contributed by atoms with Gasteiger partial charge in [-0.25, -0.2) is 0 Å². The largest absolute Gasteiger partial charge is 0.492 e. The zero-order chi connectivity index (χ0) is 31.8. The molecule has 0 spiro atoms. The molecule has 44 heavy (non-hydrogen) atoms. The molecule has 1 amide bonds. The van der Waals surface area contributed by atoms with Crippen LogP contribution in [0, 0.1) is 11.8 Å². The van der Waals surface area contributed by atoms with Crippen molar-refractivity contribution in [2.24, 2.45) is 29.0 Å². The minimum absolute atomic E-state index is 0.0964. The topological polar surface area (TPSA) is 252 Å². The van der Waals surface area contributed by atoms with Crippen LogP contribution in [0.15, 0.2) is 11.8 Å². The van der Waals surface area contributed by atoms with E-state index >= 15 is 0 Å². The van der Waals surface area contributed by atoms with E-state index in [2.05, 4.69) is 21.3 Å². The molecule has 2 aliphatic carbocycles. The first kappa shape index (κ1) is 33.9. The Morgan fingerprint density at radius 1 is 1.16 bits per heavy atom. The Bertz CT molecular complexity index is 1020. The van der Waals surface area contributed by atoms with Crippen molar-refractivity contribution in [3.63, 3.8) is 0 Å². The van der Waals surface area contributed by atoms with E-state index in [1.807, 2.05) is 6.08 Å². The number of carbonyl (C=O) groups is 1. The fourth-order valence-corrected chi connectivity index (χ4v) is 7.49. The molecule has 2 unspecified atom stereocenters. The molecule has 14 N–H and O–H groups in total. The zero-order valence-corrected chi connectivity index (χ0v) is 25.7. The van der Waals surface area contributed by atoms with Crippen LogP contribution >= 0.6 is 0 Å². The molecular weight excluding hydrogens is 574 g/mol. The number of hydrogen-bond acceptors (Lipinski definition) is 14. The molecule has 15 heteroatoms. The summed E-state index contributed by atoms with van der Waals surface area (Å²) >= 11 is 0. The molecule has 12 atom stereocenters. The highest BCUT2D eigenvalue weighted by molar-refractivity contribution is 5.86. The number of amides is 1. The maximum atomic E-state index is 13.2. The first-order valence-electron chi connectivity index (χ1n) is 15.9. The third-order valence-corrected chi connectivity index (χ3v) is 10.2. The van der Waals surface area contributed by atoms with E-state index in [4.69, 9.17) is 31.4 Å². The molecule has 5 aliphatic rings. The van der Waals surface area contributed by atoms with Crippen molar-refractivity contribution in [3.05, 3.63) is 11.8 Å². The fourth-order valence-electron chi connectivity index (χ4n) is 7.49. The maximum absolute atomic E-state index is 13.2. The normalized spacial score (nSPS) is 47.8. The van der Waals surface area contributed by atoms with Gasteiger partial charge in [-0.05, 0) is 71.2 Å². The SMILES string of the molecule is CN[C@@H]1[C@@H](O)[C@@H](O[C@H]2[C@H](NC(=O)C3(O)CCNC3)C[C@H](N)C([C@H]3OC(CNC[C@H]4C[C@H](N)C4)=CC[C@H]3N)[C@@H]2O)OC[C@]1(C)O. The number of hydrogen-bond donors (Lipinski definition) is 11. The Morgan fingerprint density at radius 3 is 2.57 bits per heavy atom. The summed E-state index contributed by atoms with van der Waals surface area (Å²) in [6, 6.07) is -2.43. The van der Waals surface area contributed by atoms with Crippen molar-refractivity contribution < 1.29 is 39.4 Å². The summed E-state index contributed by atoms with van der Waals surface area (Å²) in [5.41, 5.74) is 16.1. The van der Waals surface area contributed by atoms with Crippen LogP contribution in [0.3, 0.4) is 0 Å². The van der Waals surface area contributed by atoms with Crippen LogP contribution in [-0.4, -0.2) is 138 Å². The Hall–Kier alpha value is -1.47. The zero-order valence-electron chi connectivity index (χ0n) is 25.7. The first-order valence-corrected chi connectivity index (χ1v) is 15.9. The summed E-state index contributed by atoms with van der Waals surface area (Å²) in [6.07, 6.45) is -0.673. The highest BCUT2D eigenvalue weighted by Crippen LogP contribution is 2.37. The van der Waals surface area contributed by atoms with Crippen LogP contribution in [0.2, 0.25) is 0 Å². The van der Waals surface area contributed by atoms with E-state index in [1.54, 1.807) is 14.0 Å². The molecule has 3 aliphatic heterocycles. The van der Waals surface area contributed by atoms with Gasteiger partial charge in [0.25, 0.3) is 5.91 Å². The van der Waals surface area contributed by atoms with Crippen LogP contribution in [0.5, 0.6) is 0 Å². The summed E-state index contributed by atoms with van der Waals surface area (Å²) in [6.45, 7) is 3.33. The van der Waals surface area contributed by atoms with Gasteiger partial charge in [-0.1, -0.05) is 0 Å². The smallest absolute Gasteiger partial charge is 0.253 e. The third-order valence-electron chi connectivity index (χ3n) is 10.2. The number of nitrogens with one attached hydrogen (secondary N) is 4. The van der Waals surface area contributed by atoms with E-state index in [1.165, 1.54) is 0 Å². The molecule has 0 aromatic heterocycles. The van der Waals surface area contributed by atoms with Gasteiger partial charge in [0.05, 0.1) is 31.3 Å². The molecular formula is C29H53N7O8. The Morgan fingerprint density at radius 2 is 1.91 bits per heavy atom. The molecule has 0 aromatic carbocycles. The predicted octanol–water partition coefficient (Wildman–Crippen LogP) is -4.33. The summed E-state index contributed by atoms with van der Waals surface area (Å²) in [7, 11) is 1.61. The molecule has 0 bridgehead atoms. The molecule has 15 nitrogen and oxygen atoms in total. The number of aliphatic hydroxyl groups is 4. The minimum atomic E-state index is -1.61. The Balaban J connectivity index is 1.32. The molecule has 0 aromatic rings. The van der Waals surface area contributed by atoms with Gasteiger partial charge in [0.2, 0.25) is 0 Å². The quantitative estimate of drug-likeness (QED) is 0.110. The molecule has 3 heterocycles. The van der Waals surface area contributed by atoms with Crippen LogP contribution in [0.25, 0.3) is 0 Å². The maximum Gasteiger partial charge on any atom is 0.253 e. The average Bonchev–Trinajstić information content (AvgIpc) is 3.40. The highest BCUT2D eigenvalue weighted by Gasteiger charge is 2.54. The minimum Gasteiger partial charge on any atom is -0.492 e. The van der Waals surface area contributed by atoms with Gasteiger partial charge in [-0.15, -0.1) is 0 Å². The van der Waals surface area contributed by atoms with Crippen LogP contribution < -0.4 is 38.5 Å². The highest BCUT2D eigenvalue weighted by atomic mass is 16.7. The molecule has 2 saturated carbocycles. The lowest BCUT2D eigenvalue weighted by Gasteiger charge is -2.50. The fraction of sp³-hybridized carbons (Fsp3) is 0.897. The van der Waals surface area contributed by atoms with Gasteiger partial charge in [0.1, 0.15) is 29.7 Å². The number of carbonyl (C=O) groups excluding carboxylic acids is 1. The monoisotopic (exact) mass is 627 g/mol. The Labute approximate surface area is 258 Å². The molecule has 4 fully saturated rings.